The van der Waals surface area contributed by atoms with Gasteiger partial charge in [0.15, 0.2) is 6.20 Å². The molecule has 2 aromatic rings. The van der Waals surface area contributed by atoms with E-state index in [4.69, 9.17) is 16.8 Å². The lowest BCUT2D eigenvalue weighted by Gasteiger charge is -2.02. The van der Waals surface area contributed by atoms with E-state index < -0.39 is 0 Å². The molecular weight excluding hydrogens is 264 g/mol. The van der Waals surface area contributed by atoms with Gasteiger partial charge in [-0.1, -0.05) is 28.9 Å². The smallest absolute Gasteiger partial charge is 0.229 e. The van der Waals surface area contributed by atoms with Crippen molar-refractivity contribution in [2.24, 2.45) is 5.16 Å². The molecule has 96 valence electrons. The minimum Gasteiger partial charge on any atom is -0.411 e. The van der Waals surface area contributed by atoms with Crippen molar-refractivity contribution in [2.75, 3.05) is 0 Å². The average Bonchev–Trinajstić information content (AvgIpc) is 2.41. The molecule has 1 N–H and O–H groups in total. The van der Waals surface area contributed by atoms with Crippen molar-refractivity contribution < 1.29 is 14.6 Å². The fourth-order valence-corrected chi connectivity index (χ4v) is 1.98. The first-order valence-electron chi connectivity index (χ1n) is 5.66. The Morgan fingerprint density at radius 1 is 1.26 bits per heavy atom. The van der Waals surface area contributed by atoms with Gasteiger partial charge in [-0.2, -0.15) is 4.57 Å². The van der Waals surface area contributed by atoms with Gasteiger partial charge < -0.3 is 5.21 Å². The monoisotopic (exact) mass is 275 g/mol. The lowest BCUT2D eigenvalue weighted by Crippen LogP contribution is -2.41. The van der Waals surface area contributed by atoms with Crippen molar-refractivity contribution in [3.8, 4) is 0 Å². The van der Waals surface area contributed by atoms with E-state index in [0.717, 1.165) is 0 Å². The maximum Gasteiger partial charge on any atom is 0.229 e. The highest BCUT2D eigenvalue weighted by Crippen LogP contribution is 2.15. The number of hydrogen-bond acceptors (Lipinski definition) is 3. The summed E-state index contributed by atoms with van der Waals surface area (Å²) in [5.41, 5.74) is 1.11. The molecule has 0 saturated carbocycles. The molecule has 0 aliphatic heterocycles. The molecule has 5 heteroatoms. The van der Waals surface area contributed by atoms with Gasteiger partial charge in [0.2, 0.25) is 18.0 Å². The summed E-state index contributed by atoms with van der Waals surface area (Å²) in [6, 6.07) is 12.3. The van der Waals surface area contributed by atoms with Gasteiger partial charge >= 0.3 is 0 Å². The molecule has 2 rings (SSSR count). The van der Waals surface area contributed by atoms with Crippen LogP contribution in [0, 0.1) is 0 Å². The largest absolute Gasteiger partial charge is 0.411 e. The van der Waals surface area contributed by atoms with Crippen LogP contribution in [0.5, 0.6) is 0 Å². The number of Topliss-reactive ketones (excluding diaryl/α,β-unsaturated/α-hetero) is 1. The predicted molar refractivity (Wildman–Crippen MR) is 71.8 cm³/mol. The van der Waals surface area contributed by atoms with Gasteiger partial charge in [-0.15, -0.1) is 0 Å². The summed E-state index contributed by atoms with van der Waals surface area (Å²) in [7, 11) is 0. The van der Waals surface area contributed by atoms with Crippen molar-refractivity contribution in [2.45, 2.75) is 6.54 Å². The van der Waals surface area contributed by atoms with Crippen LogP contribution in [0.1, 0.15) is 16.1 Å². The van der Waals surface area contributed by atoms with Crippen LogP contribution >= 0.6 is 11.6 Å². The molecule has 1 heterocycles. The number of carbonyl (C=O) groups excluding carboxylic acids is 1. The van der Waals surface area contributed by atoms with Gasteiger partial charge in [-0.25, -0.2) is 0 Å². The van der Waals surface area contributed by atoms with Gasteiger partial charge in [0.1, 0.15) is 6.21 Å². The molecule has 0 aliphatic carbocycles. The van der Waals surface area contributed by atoms with Crippen LogP contribution in [0.3, 0.4) is 0 Å². The van der Waals surface area contributed by atoms with E-state index in [1.54, 1.807) is 53.2 Å². The van der Waals surface area contributed by atoms with Crippen molar-refractivity contribution >= 4 is 23.6 Å². The Kier molecular flexibility index (Phi) is 4.26. The maximum atomic E-state index is 12.2. The topological polar surface area (TPSA) is 53.5 Å². The first-order chi connectivity index (χ1) is 9.22. The Morgan fingerprint density at radius 2 is 2.00 bits per heavy atom. The first-order valence-corrected chi connectivity index (χ1v) is 6.04. The Labute approximate surface area is 115 Å². The van der Waals surface area contributed by atoms with E-state index in [9.17, 15) is 4.79 Å². The van der Waals surface area contributed by atoms with E-state index >= 15 is 0 Å². The number of ketones is 1. The second-order valence-electron chi connectivity index (χ2n) is 3.90. The number of rotatable bonds is 4. The molecule has 0 bridgehead atoms. The molecule has 0 unspecified atom stereocenters. The molecule has 1 aromatic heterocycles. The molecule has 0 fully saturated rings. The minimum atomic E-state index is -0.102. The number of oxime groups is 1. The maximum absolute atomic E-state index is 12.2. The van der Waals surface area contributed by atoms with Gasteiger partial charge in [-0.3, -0.25) is 4.79 Å². The SMILES string of the molecule is O=C(C[n+]1ccccc1C=NO)c1ccccc1Cl. The molecule has 4 nitrogen and oxygen atoms in total. The van der Waals surface area contributed by atoms with Crippen LogP contribution in [0.4, 0.5) is 0 Å². The van der Waals surface area contributed by atoms with E-state index in [1.165, 1.54) is 6.21 Å². The van der Waals surface area contributed by atoms with Gasteiger partial charge in [0.05, 0.1) is 5.02 Å². The van der Waals surface area contributed by atoms with Gasteiger partial charge in [0.25, 0.3) is 0 Å². The van der Waals surface area contributed by atoms with E-state index in [1.807, 2.05) is 0 Å². The molecule has 0 aliphatic rings. The molecule has 19 heavy (non-hydrogen) atoms. The second kappa shape index (κ2) is 6.11. The van der Waals surface area contributed by atoms with Crippen molar-refractivity contribution in [3.05, 3.63) is 64.9 Å². The fourth-order valence-electron chi connectivity index (χ4n) is 1.74. The summed E-state index contributed by atoms with van der Waals surface area (Å²) < 4.78 is 1.69. The van der Waals surface area contributed by atoms with Crippen molar-refractivity contribution in [3.63, 3.8) is 0 Å². The van der Waals surface area contributed by atoms with Crippen LogP contribution in [-0.2, 0) is 6.54 Å². The minimum absolute atomic E-state index is 0.102. The van der Waals surface area contributed by atoms with E-state index in [2.05, 4.69) is 5.16 Å². The predicted octanol–water partition coefficient (Wildman–Crippen LogP) is 2.32. The number of carbonyl (C=O) groups is 1. The van der Waals surface area contributed by atoms with Crippen LogP contribution < -0.4 is 4.57 Å². The van der Waals surface area contributed by atoms with Crippen LogP contribution in [0.15, 0.2) is 53.8 Å². The summed E-state index contributed by atoms with van der Waals surface area (Å²) in [5, 5.41) is 12.0. The number of nitrogens with zero attached hydrogens (tertiary/aromatic N) is 2. The number of hydrogen-bond donors (Lipinski definition) is 1. The summed E-state index contributed by atoms with van der Waals surface area (Å²) in [6.07, 6.45) is 3.02. The Balaban J connectivity index is 2.27. The van der Waals surface area contributed by atoms with Gasteiger partial charge in [0, 0.05) is 17.7 Å². The molecular formula is C14H12ClN2O2+. The Hall–Kier alpha value is -2.20. The Bertz CT molecular complexity index is 626. The molecule has 0 radical (unpaired) electrons. The number of aromatic nitrogens is 1. The summed E-state index contributed by atoms with van der Waals surface area (Å²) in [6.45, 7) is 0.131. The van der Waals surface area contributed by atoms with Crippen molar-refractivity contribution in [1.82, 2.24) is 0 Å². The third-order valence-electron chi connectivity index (χ3n) is 2.65. The van der Waals surface area contributed by atoms with Crippen molar-refractivity contribution in [1.29, 1.82) is 0 Å². The van der Waals surface area contributed by atoms with E-state index in [0.29, 0.717) is 16.3 Å². The zero-order valence-corrected chi connectivity index (χ0v) is 10.8. The molecule has 0 atom stereocenters. The van der Waals surface area contributed by atoms with Crippen LogP contribution in [-0.4, -0.2) is 17.2 Å². The molecule has 0 spiro atoms. The first kappa shape index (κ1) is 13.2. The summed E-state index contributed by atoms with van der Waals surface area (Å²) in [4.78, 5) is 12.2. The molecule has 0 amide bonds. The van der Waals surface area contributed by atoms with Crippen LogP contribution in [0.2, 0.25) is 5.02 Å². The highest BCUT2D eigenvalue weighted by atomic mass is 35.5. The molecule has 0 saturated heterocycles. The summed E-state index contributed by atoms with van der Waals surface area (Å²) >= 11 is 5.99. The lowest BCUT2D eigenvalue weighted by atomic mass is 10.1. The molecule has 1 aromatic carbocycles. The highest BCUT2D eigenvalue weighted by molar-refractivity contribution is 6.33. The third-order valence-corrected chi connectivity index (χ3v) is 2.98. The zero-order chi connectivity index (χ0) is 13.7. The standard InChI is InChI=1S/C14H11ClN2O2/c15-13-7-2-1-6-12(13)14(18)10-17-8-4-3-5-11(17)9-16-19/h1-9H,10H2/p+1. The summed E-state index contributed by atoms with van der Waals surface area (Å²) in [5.74, 6) is -0.102. The van der Waals surface area contributed by atoms with E-state index in [-0.39, 0.29) is 12.3 Å². The second-order valence-corrected chi connectivity index (χ2v) is 4.31. The number of pyridine rings is 1. The fraction of sp³-hybridized carbons (Fsp3) is 0.0714. The number of benzene rings is 1. The normalized spacial score (nSPS) is 10.8. The quantitative estimate of drug-likeness (QED) is 0.306. The average molecular weight is 276 g/mol. The Morgan fingerprint density at radius 3 is 2.74 bits per heavy atom. The van der Waals surface area contributed by atoms with Crippen LogP contribution in [0.25, 0.3) is 0 Å². The lowest BCUT2D eigenvalue weighted by molar-refractivity contribution is -0.684. The zero-order valence-electron chi connectivity index (χ0n) is 10.0. The highest BCUT2D eigenvalue weighted by Gasteiger charge is 2.17. The van der Waals surface area contributed by atoms with Gasteiger partial charge in [-0.05, 0) is 18.2 Å². The number of halogens is 1. The third kappa shape index (κ3) is 3.17.